The average Bonchev–Trinajstić information content (AvgIpc) is 3.34. The maximum Gasteiger partial charge on any atom is 0.232 e. The fourth-order valence-electron chi connectivity index (χ4n) is 2.93. The Hall–Kier alpha value is -3.59. The van der Waals surface area contributed by atoms with Gasteiger partial charge in [-0.05, 0) is 23.3 Å². The van der Waals surface area contributed by atoms with Gasteiger partial charge in [-0.25, -0.2) is 4.98 Å². The molecule has 26 heavy (non-hydrogen) atoms. The van der Waals surface area contributed by atoms with Crippen molar-refractivity contribution >= 4 is 16.7 Å². The number of anilines is 1. The SMILES string of the molecule is N#Cc1nc(-c2cccc3ccccc23)oc1NCCCn1ccnc1. The zero-order chi connectivity index (χ0) is 17.8. The van der Waals surface area contributed by atoms with E-state index in [-0.39, 0.29) is 5.69 Å². The van der Waals surface area contributed by atoms with Crippen molar-refractivity contribution in [1.82, 2.24) is 14.5 Å². The van der Waals surface area contributed by atoms with Crippen LogP contribution >= 0.6 is 0 Å². The number of hydrogen-bond donors (Lipinski definition) is 1. The van der Waals surface area contributed by atoms with Gasteiger partial charge in [-0.15, -0.1) is 0 Å². The lowest BCUT2D eigenvalue weighted by Crippen LogP contribution is -2.06. The predicted molar refractivity (Wildman–Crippen MR) is 99.5 cm³/mol. The average molecular weight is 343 g/mol. The molecule has 0 spiro atoms. The second-order valence-electron chi connectivity index (χ2n) is 5.92. The minimum Gasteiger partial charge on any atom is -0.419 e. The van der Waals surface area contributed by atoms with Crippen LogP contribution in [0.25, 0.3) is 22.2 Å². The van der Waals surface area contributed by atoms with Crippen LogP contribution in [0.3, 0.4) is 0 Å². The second kappa shape index (κ2) is 7.11. The molecule has 0 saturated carbocycles. The maximum absolute atomic E-state index is 9.37. The van der Waals surface area contributed by atoms with Gasteiger partial charge in [-0.3, -0.25) is 0 Å². The smallest absolute Gasteiger partial charge is 0.232 e. The first-order chi connectivity index (χ1) is 12.8. The number of nitrogens with zero attached hydrogens (tertiary/aromatic N) is 4. The van der Waals surface area contributed by atoms with Gasteiger partial charge in [0.25, 0.3) is 0 Å². The molecule has 0 amide bonds. The minimum atomic E-state index is 0.274. The standard InChI is InChI=1S/C20H17N5O/c21-13-18-20(23-9-4-11-25-12-10-22-14-25)26-19(24-18)17-8-3-6-15-5-1-2-7-16(15)17/h1-3,5-8,10,12,14,23H,4,9,11H2. The molecule has 0 unspecified atom stereocenters. The summed E-state index contributed by atoms with van der Waals surface area (Å²) in [5.74, 6) is 0.872. The van der Waals surface area contributed by atoms with Crippen molar-refractivity contribution in [1.29, 1.82) is 5.26 Å². The summed E-state index contributed by atoms with van der Waals surface area (Å²) in [7, 11) is 0. The molecule has 6 nitrogen and oxygen atoms in total. The number of imidazole rings is 1. The summed E-state index contributed by atoms with van der Waals surface area (Å²) in [6.45, 7) is 1.52. The number of aryl methyl sites for hydroxylation is 1. The normalized spacial score (nSPS) is 10.7. The summed E-state index contributed by atoms with van der Waals surface area (Å²) in [5, 5.41) is 14.7. The summed E-state index contributed by atoms with van der Waals surface area (Å²) < 4.78 is 7.88. The number of rotatable bonds is 6. The van der Waals surface area contributed by atoms with Crippen LogP contribution in [0.5, 0.6) is 0 Å². The molecule has 4 aromatic rings. The lowest BCUT2D eigenvalue weighted by Gasteiger charge is -2.04. The predicted octanol–water partition coefficient (Wildman–Crippen LogP) is 4.07. The summed E-state index contributed by atoms with van der Waals surface area (Å²) in [4.78, 5) is 8.39. The molecule has 0 atom stereocenters. The van der Waals surface area contributed by atoms with Crippen LogP contribution in [0, 0.1) is 11.3 Å². The highest BCUT2D eigenvalue weighted by Gasteiger charge is 2.15. The van der Waals surface area contributed by atoms with E-state index in [1.165, 1.54) is 0 Å². The first kappa shape index (κ1) is 15.9. The fraction of sp³-hybridized carbons (Fsp3) is 0.150. The first-order valence-electron chi connectivity index (χ1n) is 8.44. The van der Waals surface area contributed by atoms with Crippen molar-refractivity contribution in [2.45, 2.75) is 13.0 Å². The molecule has 4 rings (SSSR count). The number of benzene rings is 2. The van der Waals surface area contributed by atoms with Gasteiger partial charge in [0.1, 0.15) is 6.07 Å². The van der Waals surface area contributed by atoms with Gasteiger partial charge in [0.05, 0.1) is 6.33 Å². The van der Waals surface area contributed by atoms with Gasteiger partial charge in [0.2, 0.25) is 17.5 Å². The Bertz CT molecular complexity index is 1050. The monoisotopic (exact) mass is 343 g/mol. The maximum atomic E-state index is 9.37. The van der Waals surface area contributed by atoms with Crippen LogP contribution < -0.4 is 5.32 Å². The Morgan fingerprint density at radius 3 is 2.88 bits per heavy atom. The highest BCUT2D eigenvalue weighted by Crippen LogP contribution is 2.31. The molecule has 0 aliphatic rings. The number of oxazole rings is 1. The van der Waals surface area contributed by atoms with Gasteiger partial charge >= 0.3 is 0 Å². The number of aromatic nitrogens is 3. The molecule has 0 aliphatic carbocycles. The van der Waals surface area contributed by atoms with Crippen molar-refractivity contribution < 1.29 is 4.42 Å². The summed E-state index contributed by atoms with van der Waals surface area (Å²) in [5.41, 5.74) is 1.15. The number of nitrogens with one attached hydrogen (secondary N) is 1. The van der Waals surface area contributed by atoms with Crippen molar-refractivity contribution in [2.24, 2.45) is 0 Å². The molecule has 2 heterocycles. The third kappa shape index (κ3) is 3.15. The van der Waals surface area contributed by atoms with Crippen LogP contribution in [-0.4, -0.2) is 21.1 Å². The van der Waals surface area contributed by atoms with Crippen LogP contribution in [0.15, 0.2) is 65.6 Å². The molecule has 0 radical (unpaired) electrons. The van der Waals surface area contributed by atoms with E-state index in [4.69, 9.17) is 4.42 Å². The van der Waals surface area contributed by atoms with Crippen molar-refractivity contribution in [3.05, 3.63) is 66.9 Å². The van der Waals surface area contributed by atoms with E-state index in [9.17, 15) is 5.26 Å². The van der Waals surface area contributed by atoms with Crippen LogP contribution in [0.2, 0.25) is 0 Å². The Balaban J connectivity index is 1.54. The highest BCUT2D eigenvalue weighted by atomic mass is 16.4. The Labute approximate surface area is 150 Å². The van der Waals surface area contributed by atoms with E-state index in [0.29, 0.717) is 18.3 Å². The lowest BCUT2D eigenvalue weighted by atomic mass is 10.0. The van der Waals surface area contributed by atoms with Crippen molar-refractivity contribution in [2.75, 3.05) is 11.9 Å². The van der Waals surface area contributed by atoms with Gasteiger partial charge in [0.15, 0.2) is 0 Å². The zero-order valence-electron chi connectivity index (χ0n) is 14.1. The molecule has 128 valence electrons. The number of hydrogen-bond acceptors (Lipinski definition) is 5. The highest BCUT2D eigenvalue weighted by molar-refractivity contribution is 5.94. The van der Waals surface area contributed by atoms with Crippen molar-refractivity contribution in [3.8, 4) is 17.5 Å². The number of fused-ring (bicyclic) bond motifs is 1. The van der Waals surface area contributed by atoms with E-state index in [1.807, 2.05) is 53.2 Å². The van der Waals surface area contributed by atoms with Gasteiger partial charge in [-0.2, -0.15) is 10.2 Å². The number of nitriles is 1. The van der Waals surface area contributed by atoms with E-state index in [0.717, 1.165) is 29.3 Å². The third-order valence-electron chi connectivity index (χ3n) is 4.19. The molecular formula is C20H17N5O. The van der Waals surface area contributed by atoms with E-state index >= 15 is 0 Å². The quantitative estimate of drug-likeness (QED) is 0.534. The van der Waals surface area contributed by atoms with Gasteiger partial charge in [-0.1, -0.05) is 36.4 Å². The molecule has 0 fully saturated rings. The Morgan fingerprint density at radius 1 is 1.15 bits per heavy atom. The van der Waals surface area contributed by atoms with Crippen LogP contribution in [0.4, 0.5) is 5.88 Å². The van der Waals surface area contributed by atoms with E-state index in [1.54, 1.807) is 12.5 Å². The molecule has 2 aromatic heterocycles. The van der Waals surface area contributed by atoms with Gasteiger partial charge in [0, 0.05) is 31.0 Å². The van der Waals surface area contributed by atoms with Crippen LogP contribution in [0.1, 0.15) is 12.1 Å². The molecule has 0 bridgehead atoms. The fourth-order valence-corrected chi connectivity index (χ4v) is 2.93. The first-order valence-corrected chi connectivity index (χ1v) is 8.44. The second-order valence-corrected chi connectivity index (χ2v) is 5.92. The van der Waals surface area contributed by atoms with E-state index in [2.05, 4.69) is 21.4 Å². The third-order valence-corrected chi connectivity index (χ3v) is 4.19. The molecule has 6 heteroatoms. The molecule has 0 saturated heterocycles. The molecule has 2 aromatic carbocycles. The van der Waals surface area contributed by atoms with Gasteiger partial charge < -0.3 is 14.3 Å². The van der Waals surface area contributed by atoms with Crippen molar-refractivity contribution in [3.63, 3.8) is 0 Å². The molecule has 0 aliphatic heterocycles. The Kier molecular flexibility index (Phi) is 4.35. The largest absolute Gasteiger partial charge is 0.419 e. The Morgan fingerprint density at radius 2 is 2.04 bits per heavy atom. The summed E-state index contributed by atoms with van der Waals surface area (Å²) >= 11 is 0. The molecular weight excluding hydrogens is 326 g/mol. The summed E-state index contributed by atoms with van der Waals surface area (Å²) in [6, 6.07) is 16.1. The molecule has 1 N–H and O–H groups in total. The minimum absolute atomic E-state index is 0.274. The zero-order valence-corrected chi connectivity index (χ0v) is 14.1. The lowest BCUT2D eigenvalue weighted by molar-refractivity contribution is 0.579. The van der Waals surface area contributed by atoms with E-state index < -0.39 is 0 Å². The van der Waals surface area contributed by atoms with Crippen LogP contribution in [-0.2, 0) is 6.54 Å². The topological polar surface area (TPSA) is 79.7 Å². The summed E-state index contributed by atoms with van der Waals surface area (Å²) in [6.07, 6.45) is 6.35.